The van der Waals surface area contributed by atoms with E-state index in [-0.39, 0.29) is 5.41 Å². The lowest BCUT2D eigenvalue weighted by molar-refractivity contribution is -0.126. The van der Waals surface area contributed by atoms with Crippen LogP contribution in [0.25, 0.3) is 0 Å². The predicted octanol–water partition coefficient (Wildman–Crippen LogP) is 4.24. The van der Waals surface area contributed by atoms with Gasteiger partial charge in [0.05, 0.1) is 13.2 Å². The molecule has 0 aromatic heterocycles. The molecule has 0 aromatic rings. The molecule has 0 aromatic carbocycles. The van der Waals surface area contributed by atoms with Crippen LogP contribution in [0.3, 0.4) is 0 Å². The van der Waals surface area contributed by atoms with Crippen LogP contribution < -0.4 is 0 Å². The maximum Gasteiger partial charge on any atom is 0.138 e. The van der Waals surface area contributed by atoms with Gasteiger partial charge in [-0.05, 0) is 24.7 Å². The zero-order valence-electron chi connectivity index (χ0n) is 14.4. The number of Topliss-reactive ketones (excluding diaryl/α,β-unsaturated/α-hetero) is 1. The molecule has 0 aliphatic rings. The molecule has 0 aliphatic heterocycles. The Bertz CT molecular complexity index is 258. The summed E-state index contributed by atoms with van der Waals surface area (Å²) in [7, 11) is 0. The molecule has 0 saturated heterocycles. The molecule has 0 spiro atoms. The van der Waals surface area contributed by atoms with Crippen molar-refractivity contribution in [1.82, 2.24) is 0 Å². The van der Waals surface area contributed by atoms with Gasteiger partial charge in [0.2, 0.25) is 0 Å². The minimum Gasteiger partial charge on any atom is -0.379 e. The first-order valence-corrected chi connectivity index (χ1v) is 7.82. The Labute approximate surface area is 125 Å². The van der Waals surface area contributed by atoms with Crippen molar-refractivity contribution < 1.29 is 14.3 Å². The molecule has 120 valence electrons. The topological polar surface area (TPSA) is 35.5 Å². The van der Waals surface area contributed by atoms with Crippen LogP contribution in [0.1, 0.15) is 67.2 Å². The minimum atomic E-state index is -0.207. The van der Waals surface area contributed by atoms with Gasteiger partial charge in [-0.25, -0.2) is 0 Å². The second kappa shape index (κ2) is 9.51. The van der Waals surface area contributed by atoms with Crippen molar-refractivity contribution in [3.05, 3.63) is 0 Å². The van der Waals surface area contributed by atoms with Crippen LogP contribution in [0.5, 0.6) is 0 Å². The van der Waals surface area contributed by atoms with Crippen LogP contribution in [0.4, 0.5) is 0 Å². The standard InChI is InChI=1S/C17H34O3/c1-16(2,3)10-12-20-14-13-19-11-8-7-9-15(18)17(4,5)6/h7-14H2,1-6H3. The molecule has 0 N–H and O–H groups in total. The van der Waals surface area contributed by atoms with Gasteiger partial charge in [-0.15, -0.1) is 0 Å². The van der Waals surface area contributed by atoms with E-state index in [1.54, 1.807) is 0 Å². The first-order chi connectivity index (χ1) is 9.13. The molecular weight excluding hydrogens is 252 g/mol. The SMILES string of the molecule is CC(C)(C)CCOCCOCCCCC(=O)C(C)(C)C. The largest absolute Gasteiger partial charge is 0.379 e. The molecule has 0 bridgehead atoms. The number of ketones is 1. The van der Waals surface area contributed by atoms with Gasteiger partial charge in [0.15, 0.2) is 0 Å². The molecule has 0 saturated carbocycles. The maximum atomic E-state index is 11.7. The fraction of sp³-hybridized carbons (Fsp3) is 0.941. The Hall–Kier alpha value is -0.410. The van der Waals surface area contributed by atoms with Gasteiger partial charge in [-0.3, -0.25) is 4.79 Å². The van der Waals surface area contributed by atoms with E-state index in [4.69, 9.17) is 9.47 Å². The lowest BCUT2D eigenvalue weighted by Crippen LogP contribution is -2.19. The van der Waals surface area contributed by atoms with E-state index in [1.807, 2.05) is 20.8 Å². The van der Waals surface area contributed by atoms with Gasteiger partial charge in [-0.1, -0.05) is 41.5 Å². The van der Waals surface area contributed by atoms with Gasteiger partial charge in [0.25, 0.3) is 0 Å². The second-order valence-electron chi connectivity index (χ2n) is 7.67. The third kappa shape index (κ3) is 12.6. The van der Waals surface area contributed by atoms with Crippen LogP contribution in [0.15, 0.2) is 0 Å². The van der Waals surface area contributed by atoms with E-state index in [2.05, 4.69) is 20.8 Å². The van der Waals surface area contributed by atoms with Gasteiger partial charge in [0, 0.05) is 25.0 Å². The number of rotatable bonds is 10. The highest BCUT2D eigenvalue weighted by Crippen LogP contribution is 2.18. The lowest BCUT2D eigenvalue weighted by atomic mass is 9.88. The smallest absolute Gasteiger partial charge is 0.138 e. The molecule has 20 heavy (non-hydrogen) atoms. The van der Waals surface area contributed by atoms with E-state index in [1.165, 1.54) is 0 Å². The normalized spacial score (nSPS) is 12.7. The Balaban J connectivity index is 3.28. The Morgan fingerprint density at radius 3 is 1.85 bits per heavy atom. The van der Waals surface area contributed by atoms with Crippen molar-refractivity contribution in [3.8, 4) is 0 Å². The van der Waals surface area contributed by atoms with Crippen LogP contribution in [-0.2, 0) is 14.3 Å². The quantitative estimate of drug-likeness (QED) is 0.563. The number of carbonyl (C=O) groups is 1. The van der Waals surface area contributed by atoms with E-state index in [0.29, 0.717) is 30.8 Å². The summed E-state index contributed by atoms with van der Waals surface area (Å²) in [5.41, 5.74) is 0.127. The number of hydrogen-bond donors (Lipinski definition) is 0. The molecule has 0 aliphatic carbocycles. The third-order valence-electron chi connectivity index (χ3n) is 3.15. The zero-order valence-corrected chi connectivity index (χ0v) is 14.4. The molecule has 0 heterocycles. The Morgan fingerprint density at radius 2 is 1.35 bits per heavy atom. The van der Waals surface area contributed by atoms with E-state index >= 15 is 0 Å². The summed E-state index contributed by atoms with van der Waals surface area (Å²) < 4.78 is 11.0. The number of unbranched alkanes of at least 4 members (excludes halogenated alkanes) is 1. The van der Waals surface area contributed by atoms with E-state index in [9.17, 15) is 4.79 Å². The fourth-order valence-corrected chi connectivity index (χ4v) is 1.57. The predicted molar refractivity (Wildman–Crippen MR) is 84.0 cm³/mol. The summed E-state index contributed by atoms with van der Waals surface area (Å²) in [6.45, 7) is 15.4. The molecular formula is C17H34O3. The monoisotopic (exact) mass is 286 g/mol. The molecule has 0 radical (unpaired) electrons. The summed E-state index contributed by atoms with van der Waals surface area (Å²) >= 11 is 0. The zero-order chi connectivity index (χ0) is 15.6. The molecule has 0 unspecified atom stereocenters. The summed E-state index contributed by atoms with van der Waals surface area (Å²) in [6.07, 6.45) is 3.60. The van der Waals surface area contributed by atoms with Gasteiger partial charge in [-0.2, -0.15) is 0 Å². The fourth-order valence-electron chi connectivity index (χ4n) is 1.57. The van der Waals surface area contributed by atoms with Crippen LogP contribution in [0, 0.1) is 10.8 Å². The minimum absolute atomic E-state index is 0.207. The van der Waals surface area contributed by atoms with Crippen LogP contribution in [-0.4, -0.2) is 32.2 Å². The number of ether oxygens (including phenoxy) is 2. The Morgan fingerprint density at radius 1 is 0.800 bits per heavy atom. The van der Waals surface area contributed by atoms with Crippen molar-refractivity contribution in [2.75, 3.05) is 26.4 Å². The maximum absolute atomic E-state index is 11.7. The molecule has 3 heteroatoms. The summed E-state index contributed by atoms with van der Waals surface area (Å²) in [6, 6.07) is 0. The third-order valence-corrected chi connectivity index (χ3v) is 3.15. The average Bonchev–Trinajstić information content (AvgIpc) is 2.28. The average molecular weight is 286 g/mol. The highest BCUT2D eigenvalue weighted by atomic mass is 16.5. The van der Waals surface area contributed by atoms with E-state index in [0.717, 1.165) is 32.5 Å². The highest BCUT2D eigenvalue weighted by Gasteiger charge is 2.19. The van der Waals surface area contributed by atoms with Crippen molar-refractivity contribution >= 4 is 5.78 Å². The summed E-state index contributed by atoms with van der Waals surface area (Å²) in [4.78, 5) is 11.7. The van der Waals surface area contributed by atoms with Gasteiger partial charge in [0.1, 0.15) is 5.78 Å². The molecule has 0 amide bonds. The molecule has 0 rings (SSSR count). The van der Waals surface area contributed by atoms with Crippen LogP contribution in [0.2, 0.25) is 0 Å². The summed E-state index contributed by atoms with van der Waals surface area (Å²) in [5, 5.41) is 0. The first kappa shape index (κ1) is 19.6. The summed E-state index contributed by atoms with van der Waals surface area (Å²) in [5.74, 6) is 0.336. The first-order valence-electron chi connectivity index (χ1n) is 7.82. The van der Waals surface area contributed by atoms with E-state index < -0.39 is 0 Å². The van der Waals surface area contributed by atoms with Crippen molar-refractivity contribution in [3.63, 3.8) is 0 Å². The Kier molecular flexibility index (Phi) is 9.32. The number of carbonyl (C=O) groups excluding carboxylic acids is 1. The second-order valence-corrected chi connectivity index (χ2v) is 7.67. The van der Waals surface area contributed by atoms with Gasteiger partial charge < -0.3 is 9.47 Å². The van der Waals surface area contributed by atoms with Crippen LogP contribution >= 0.6 is 0 Å². The van der Waals surface area contributed by atoms with Gasteiger partial charge >= 0.3 is 0 Å². The van der Waals surface area contributed by atoms with Crippen molar-refractivity contribution in [1.29, 1.82) is 0 Å². The molecule has 0 atom stereocenters. The van der Waals surface area contributed by atoms with Crippen molar-refractivity contribution in [2.24, 2.45) is 10.8 Å². The molecule has 0 fully saturated rings. The highest BCUT2D eigenvalue weighted by molar-refractivity contribution is 5.83. The number of hydrogen-bond acceptors (Lipinski definition) is 3. The van der Waals surface area contributed by atoms with Crippen molar-refractivity contribution in [2.45, 2.75) is 67.2 Å². The lowest BCUT2D eigenvalue weighted by Gasteiger charge is -2.17. The molecule has 3 nitrogen and oxygen atoms in total.